The molecule has 1 aromatic heterocycles. The zero-order chi connectivity index (χ0) is 15.0. The average Bonchev–Trinajstić information content (AvgIpc) is 3.02. The number of fused-ring (bicyclic) bond motifs is 1. The lowest BCUT2D eigenvalue weighted by Crippen LogP contribution is -2.54. The number of amides is 1. The van der Waals surface area contributed by atoms with E-state index >= 15 is 0 Å². The average molecular weight is 292 g/mol. The molecule has 0 bridgehead atoms. The van der Waals surface area contributed by atoms with Gasteiger partial charge in [0.05, 0.1) is 24.3 Å². The van der Waals surface area contributed by atoms with E-state index < -0.39 is 0 Å². The van der Waals surface area contributed by atoms with Gasteiger partial charge in [-0.15, -0.1) is 0 Å². The van der Waals surface area contributed by atoms with Crippen molar-refractivity contribution < 1.29 is 14.3 Å². The monoisotopic (exact) mass is 292 g/mol. The summed E-state index contributed by atoms with van der Waals surface area (Å²) in [5, 5.41) is 0. The minimum Gasteiger partial charge on any atom is -0.376 e. The second kappa shape index (κ2) is 5.81. The molecule has 21 heavy (non-hydrogen) atoms. The fourth-order valence-corrected chi connectivity index (χ4v) is 3.66. The highest BCUT2D eigenvalue weighted by atomic mass is 16.5. The van der Waals surface area contributed by atoms with Crippen molar-refractivity contribution in [2.24, 2.45) is 0 Å². The van der Waals surface area contributed by atoms with Crippen LogP contribution in [0.5, 0.6) is 0 Å². The summed E-state index contributed by atoms with van der Waals surface area (Å²) in [7, 11) is 0. The number of nitrogens with zero attached hydrogens (tertiary/aromatic N) is 1. The third kappa shape index (κ3) is 2.60. The summed E-state index contributed by atoms with van der Waals surface area (Å²) >= 11 is 0. The summed E-state index contributed by atoms with van der Waals surface area (Å²) in [4.78, 5) is 18.1. The van der Waals surface area contributed by atoms with Gasteiger partial charge in [-0.25, -0.2) is 0 Å². The van der Waals surface area contributed by atoms with E-state index in [1.807, 2.05) is 31.7 Å². The van der Waals surface area contributed by atoms with E-state index in [1.165, 1.54) is 0 Å². The Morgan fingerprint density at radius 3 is 2.95 bits per heavy atom. The van der Waals surface area contributed by atoms with Crippen LogP contribution < -0.4 is 0 Å². The largest absolute Gasteiger partial charge is 0.376 e. The van der Waals surface area contributed by atoms with Crippen LogP contribution in [0.1, 0.15) is 41.5 Å². The number of aryl methyl sites for hydroxylation is 2. The molecular formula is C16H24N2O3. The summed E-state index contributed by atoms with van der Waals surface area (Å²) in [6.07, 6.45) is 2.09. The van der Waals surface area contributed by atoms with Gasteiger partial charge in [0.1, 0.15) is 6.10 Å². The van der Waals surface area contributed by atoms with Crippen LogP contribution in [0.4, 0.5) is 0 Å². The first kappa shape index (κ1) is 14.6. The quantitative estimate of drug-likeness (QED) is 0.927. The number of hydrogen-bond acceptors (Lipinski definition) is 3. The molecule has 1 amide bonds. The van der Waals surface area contributed by atoms with Crippen LogP contribution in [0.15, 0.2) is 6.07 Å². The number of carbonyl (C=O) groups excluding carboxylic acids is 1. The minimum absolute atomic E-state index is 0.0306. The van der Waals surface area contributed by atoms with Gasteiger partial charge in [0.25, 0.3) is 5.91 Å². The molecule has 2 heterocycles. The first-order chi connectivity index (χ1) is 10.1. The highest BCUT2D eigenvalue weighted by Gasteiger charge is 2.45. The zero-order valence-electron chi connectivity index (χ0n) is 13.0. The van der Waals surface area contributed by atoms with Gasteiger partial charge >= 0.3 is 0 Å². The molecule has 1 aliphatic heterocycles. The van der Waals surface area contributed by atoms with Crippen molar-refractivity contribution in [3.8, 4) is 0 Å². The Labute approximate surface area is 125 Å². The molecule has 2 fully saturated rings. The number of nitrogens with one attached hydrogen (secondary N) is 1. The van der Waals surface area contributed by atoms with E-state index in [-0.39, 0.29) is 24.2 Å². The number of ether oxygens (including phenoxy) is 2. The smallest absolute Gasteiger partial charge is 0.256 e. The fourth-order valence-electron chi connectivity index (χ4n) is 3.66. The molecular weight excluding hydrogens is 268 g/mol. The lowest BCUT2D eigenvalue weighted by Gasteiger charge is -2.39. The van der Waals surface area contributed by atoms with Crippen molar-refractivity contribution in [3.63, 3.8) is 0 Å². The number of rotatable bonds is 3. The van der Waals surface area contributed by atoms with Gasteiger partial charge in [-0.1, -0.05) is 0 Å². The Bertz CT molecular complexity index is 526. The molecule has 0 aromatic carbocycles. The molecule has 0 spiro atoms. The molecule has 1 aromatic rings. The number of carbonyl (C=O) groups is 1. The van der Waals surface area contributed by atoms with Gasteiger partial charge in [-0.05, 0) is 39.7 Å². The Balaban J connectivity index is 1.79. The van der Waals surface area contributed by atoms with Crippen molar-refractivity contribution in [2.45, 2.75) is 51.9 Å². The van der Waals surface area contributed by atoms with Crippen LogP contribution >= 0.6 is 0 Å². The van der Waals surface area contributed by atoms with Crippen LogP contribution in [-0.2, 0) is 9.47 Å². The number of aromatic nitrogens is 1. The number of hydrogen-bond donors (Lipinski definition) is 1. The Hall–Kier alpha value is -1.33. The number of morpholine rings is 1. The maximum absolute atomic E-state index is 12.9. The molecule has 116 valence electrons. The van der Waals surface area contributed by atoms with E-state index in [2.05, 4.69) is 4.98 Å². The lowest BCUT2D eigenvalue weighted by molar-refractivity contribution is -0.102. The second-order valence-electron chi connectivity index (χ2n) is 5.96. The third-order valence-corrected chi connectivity index (χ3v) is 4.56. The van der Waals surface area contributed by atoms with E-state index in [0.29, 0.717) is 19.8 Å². The van der Waals surface area contributed by atoms with E-state index in [4.69, 9.17) is 9.47 Å². The SMILES string of the molecule is CCO[C@@H]1CC[C@@H]2[C@H]1OCCN2C(=O)c1cc(C)[nH]c1C. The van der Waals surface area contributed by atoms with Crippen LogP contribution in [0.2, 0.25) is 0 Å². The van der Waals surface area contributed by atoms with Gasteiger partial charge in [0, 0.05) is 24.5 Å². The minimum atomic E-state index is 0.0306. The van der Waals surface area contributed by atoms with Crippen molar-refractivity contribution in [1.29, 1.82) is 0 Å². The van der Waals surface area contributed by atoms with Gasteiger partial charge in [0.15, 0.2) is 0 Å². The molecule has 1 saturated heterocycles. The molecule has 2 aliphatic rings. The first-order valence-electron chi connectivity index (χ1n) is 7.82. The van der Waals surface area contributed by atoms with Crippen LogP contribution in [0.25, 0.3) is 0 Å². The zero-order valence-corrected chi connectivity index (χ0v) is 13.0. The van der Waals surface area contributed by atoms with Crippen molar-refractivity contribution in [1.82, 2.24) is 9.88 Å². The summed E-state index contributed by atoms with van der Waals surface area (Å²) < 4.78 is 11.7. The molecule has 5 heteroatoms. The molecule has 3 rings (SSSR count). The van der Waals surface area contributed by atoms with Gasteiger partial charge < -0.3 is 19.4 Å². The van der Waals surface area contributed by atoms with Gasteiger partial charge in [-0.3, -0.25) is 4.79 Å². The van der Waals surface area contributed by atoms with Crippen LogP contribution in [-0.4, -0.2) is 53.8 Å². The van der Waals surface area contributed by atoms with Crippen LogP contribution in [0, 0.1) is 13.8 Å². The molecule has 1 N–H and O–H groups in total. The second-order valence-corrected chi connectivity index (χ2v) is 5.96. The van der Waals surface area contributed by atoms with Crippen molar-refractivity contribution in [2.75, 3.05) is 19.8 Å². The maximum Gasteiger partial charge on any atom is 0.256 e. The summed E-state index contributed by atoms with van der Waals surface area (Å²) in [5.41, 5.74) is 2.76. The molecule has 0 radical (unpaired) electrons. The Morgan fingerprint density at radius 2 is 2.29 bits per heavy atom. The molecule has 0 unspecified atom stereocenters. The highest BCUT2D eigenvalue weighted by Crippen LogP contribution is 2.33. The number of H-pyrrole nitrogens is 1. The van der Waals surface area contributed by atoms with Crippen molar-refractivity contribution >= 4 is 5.91 Å². The van der Waals surface area contributed by atoms with Crippen LogP contribution in [0.3, 0.4) is 0 Å². The summed E-state index contributed by atoms with van der Waals surface area (Å²) in [6.45, 7) is 7.90. The lowest BCUT2D eigenvalue weighted by atomic mass is 10.1. The third-order valence-electron chi connectivity index (χ3n) is 4.56. The topological polar surface area (TPSA) is 54.6 Å². The Morgan fingerprint density at radius 1 is 1.48 bits per heavy atom. The maximum atomic E-state index is 12.9. The first-order valence-corrected chi connectivity index (χ1v) is 7.82. The fraction of sp³-hybridized carbons (Fsp3) is 0.688. The standard InChI is InChI=1S/C16H24N2O3/c1-4-20-14-6-5-13-15(14)21-8-7-18(13)16(19)12-9-10(2)17-11(12)3/h9,13-15,17H,4-8H2,1-3H3/t13-,14-,15-/m1/s1. The van der Waals surface area contributed by atoms with E-state index in [1.54, 1.807) is 0 Å². The molecule has 1 saturated carbocycles. The van der Waals surface area contributed by atoms with Gasteiger partial charge in [0.2, 0.25) is 0 Å². The van der Waals surface area contributed by atoms with E-state index in [0.717, 1.165) is 29.8 Å². The molecule has 1 aliphatic carbocycles. The normalized spacial score (nSPS) is 28.7. The summed E-state index contributed by atoms with van der Waals surface area (Å²) in [5.74, 6) is 0.118. The summed E-state index contributed by atoms with van der Waals surface area (Å²) in [6, 6.07) is 2.09. The Kier molecular flexibility index (Phi) is 4.04. The van der Waals surface area contributed by atoms with E-state index in [9.17, 15) is 4.79 Å². The highest BCUT2D eigenvalue weighted by molar-refractivity contribution is 5.96. The number of aromatic amines is 1. The predicted octanol–water partition coefficient (Wildman–Crippen LogP) is 2.04. The predicted molar refractivity (Wildman–Crippen MR) is 79.5 cm³/mol. The van der Waals surface area contributed by atoms with Crippen molar-refractivity contribution in [3.05, 3.63) is 23.0 Å². The van der Waals surface area contributed by atoms with Gasteiger partial charge in [-0.2, -0.15) is 0 Å². The molecule has 3 atom stereocenters. The molecule has 5 nitrogen and oxygen atoms in total.